The minimum atomic E-state index is 0.00296. The molecular formula is C23H28Cl2N2O3. The minimum Gasteiger partial charge on any atom is -0.492 e. The van der Waals surface area contributed by atoms with E-state index in [1.807, 2.05) is 12.1 Å². The van der Waals surface area contributed by atoms with Crippen molar-refractivity contribution >= 4 is 29.1 Å². The lowest BCUT2D eigenvalue weighted by Gasteiger charge is -2.31. The lowest BCUT2D eigenvalue weighted by Crippen LogP contribution is -2.40. The fraction of sp³-hybridized carbons (Fsp3) is 0.435. The lowest BCUT2D eigenvalue weighted by molar-refractivity contribution is -0.121. The topological polar surface area (TPSA) is 50.8 Å². The summed E-state index contributed by atoms with van der Waals surface area (Å²) in [5.41, 5.74) is 2.35. The van der Waals surface area contributed by atoms with E-state index < -0.39 is 0 Å². The number of halogens is 2. The van der Waals surface area contributed by atoms with Gasteiger partial charge in [-0.15, -0.1) is 0 Å². The van der Waals surface area contributed by atoms with E-state index in [1.54, 1.807) is 18.2 Å². The minimum absolute atomic E-state index is 0.00296. The van der Waals surface area contributed by atoms with Crippen molar-refractivity contribution in [1.29, 1.82) is 0 Å². The van der Waals surface area contributed by atoms with Crippen molar-refractivity contribution in [2.75, 3.05) is 26.3 Å². The third kappa shape index (κ3) is 7.17. The molecule has 1 fully saturated rings. The van der Waals surface area contributed by atoms with Gasteiger partial charge in [0, 0.05) is 32.6 Å². The molecule has 5 nitrogen and oxygen atoms in total. The summed E-state index contributed by atoms with van der Waals surface area (Å²) in [4.78, 5) is 14.6. The van der Waals surface area contributed by atoms with Crippen molar-refractivity contribution in [2.24, 2.45) is 0 Å². The number of nitrogens with one attached hydrogen (secondary N) is 1. The SMILES string of the molecule is CC1CN(Cc2cccc(CNC(=O)CCCOc3cccc(Cl)c3Cl)c2)CCO1. The number of rotatable bonds is 9. The predicted octanol–water partition coefficient (Wildman–Crippen LogP) is 4.69. The van der Waals surface area contributed by atoms with E-state index in [-0.39, 0.29) is 12.0 Å². The van der Waals surface area contributed by atoms with E-state index in [0.29, 0.717) is 41.8 Å². The van der Waals surface area contributed by atoms with Gasteiger partial charge in [0.05, 0.1) is 24.3 Å². The highest BCUT2D eigenvalue weighted by Crippen LogP contribution is 2.31. The Morgan fingerprint density at radius 2 is 2.03 bits per heavy atom. The maximum Gasteiger partial charge on any atom is 0.220 e. The van der Waals surface area contributed by atoms with Crippen LogP contribution in [0.3, 0.4) is 0 Å². The summed E-state index contributed by atoms with van der Waals surface area (Å²) in [6.45, 7) is 6.61. The Morgan fingerprint density at radius 3 is 2.87 bits per heavy atom. The van der Waals surface area contributed by atoms with Crippen LogP contribution in [-0.2, 0) is 22.6 Å². The smallest absolute Gasteiger partial charge is 0.220 e. The van der Waals surface area contributed by atoms with Gasteiger partial charge in [0.15, 0.2) is 0 Å². The third-order valence-corrected chi connectivity index (χ3v) is 5.74. The number of carbonyl (C=O) groups excluding carboxylic acids is 1. The highest BCUT2D eigenvalue weighted by atomic mass is 35.5. The van der Waals surface area contributed by atoms with Crippen molar-refractivity contribution in [3.8, 4) is 5.75 Å². The van der Waals surface area contributed by atoms with E-state index in [1.165, 1.54) is 5.56 Å². The molecule has 162 valence electrons. The van der Waals surface area contributed by atoms with Crippen molar-refractivity contribution in [1.82, 2.24) is 10.2 Å². The van der Waals surface area contributed by atoms with Gasteiger partial charge in [0.1, 0.15) is 10.8 Å². The molecule has 1 amide bonds. The van der Waals surface area contributed by atoms with Crippen molar-refractivity contribution in [3.05, 3.63) is 63.6 Å². The number of morpholine rings is 1. The lowest BCUT2D eigenvalue weighted by atomic mass is 10.1. The highest BCUT2D eigenvalue weighted by molar-refractivity contribution is 6.42. The molecule has 1 aliphatic heterocycles. The first-order chi connectivity index (χ1) is 14.5. The fourth-order valence-electron chi connectivity index (χ4n) is 3.43. The molecule has 1 N–H and O–H groups in total. The molecule has 1 aliphatic rings. The summed E-state index contributed by atoms with van der Waals surface area (Å²) in [5, 5.41) is 3.83. The van der Waals surface area contributed by atoms with E-state index in [0.717, 1.165) is 31.8 Å². The number of benzene rings is 2. The van der Waals surface area contributed by atoms with E-state index in [9.17, 15) is 4.79 Å². The van der Waals surface area contributed by atoms with Crippen LogP contribution < -0.4 is 10.1 Å². The predicted molar refractivity (Wildman–Crippen MR) is 120 cm³/mol. The first kappa shape index (κ1) is 22.9. The Morgan fingerprint density at radius 1 is 1.23 bits per heavy atom. The number of nitrogens with zero attached hydrogens (tertiary/aromatic N) is 1. The molecule has 0 spiro atoms. The van der Waals surface area contributed by atoms with Gasteiger partial charge >= 0.3 is 0 Å². The van der Waals surface area contributed by atoms with Gasteiger partial charge in [0.25, 0.3) is 0 Å². The monoisotopic (exact) mass is 450 g/mol. The first-order valence-corrected chi connectivity index (χ1v) is 11.0. The van der Waals surface area contributed by atoms with Crippen LogP contribution in [0.2, 0.25) is 10.0 Å². The molecule has 30 heavy (non-hydrogen) atoms. The second-order valence-corrected chi connectivity index (χ2v) is 8.30. The summed E-state index contributed by atoms with van der Waals surface area (Å²) >= 11 is 12.1. The molecule has 1 saturated heterocycles. The van der Waals surface area contributed by atoms with Crippen LogP contribution in [0.4, 0.5) is 0 Å². The van der Waals surface area contributed by atoms with Gasteiger partial charge < -0.3 is 14.8 Å². The second kappa shape index (κ2) is 11.6. The van der Waals surface area contributed by atoms with Crippen molar-refractivity contribution in [3.63, 3.8) is 0 Å². The fourth-order valence-corrected chi connectivity index (χ4v) is 3.78. The highest BCUT2D eigenvalue weighted by Gasteiger charge is 2.16. The maximum atomic E-state index is 12.2. The normalized spacial score (nSPS) is 17.0. The van der Waals surface area contributed by atoms with Crippen LogP contribution in [0.5, 0.6) is 5.75 Å². The van der Waals surface area contributed by atoms with Crippen molar-refractivity contribution in [2.45, 2.75) is 39.0 Å². The zero-order chi connectivity index (χ0) is 21.3. The van der Waals surface area contributed by atoms with Crippen LogP contribution in [0.15, 0.2) is 42.5 Å². The number of ether oxygens (including phenoxy) is 2. The van der Waals surface area contributed by atoms with Crippen LogP contribution in [0, 0.1) is 0 Å². The Bertz CT molecular complexity index is 847. The Balaban J connectivity index is 1.37. The summed E-state index contributed by atoms with van der Waals surface area (Å²) in [7, 11) is 0. The van der Waals surface area contributed by atoms with Gasteiger partial charge in [-0.3, -0.25) is 9.69 Å². The number of hydrogen-bond donors (Lipinski definition) is 1. The Kier molecular flexibility index (Phi) is 8.82. The molecule has 3 rings (SSSR count). The number of hydrogen-bond acceptors (Lipinski definition) is 4. The molecule has 0 saturated carbocycles. The zero-order valence-corrected chi connectivity index (χ0v) is 18.7. The maximum absolute atomic E-state index is 12.2. The Hall–Kier alpha value is -1.79. The molecule has 0 aromatic heterocycles. The van der Waals surface area contributed by atoms with E-state index >= 15 is 0 Å². The molecule has 2 aromatic rings. The average Bonchev–Trinajstić information content (AvgIpc) is 2.73. The van der Waals surface area contributed by atoms with Crippen LogP contribution >= 0.6 is 23.2 Å². The summed E-state index contributed by atoms with van der Waals surface area (Å²) < 4.78 is 11.2. The van der Waals surface area contributed by atoms with Crippen LogP contribution in [0.25, 0.3) is 0 Å². The zero-order valence-electron chi connectivity index (χ0n) is 17.2. The molecule has 2 aromatic carbocycles. The van der Waals surface area contributed by atoms with E-state index in [2.05, 4.69) is 29.3 Å². The summed E-state index contributed by atoms with van der Waals surface area (Å²) in [5.74, 6) is 0.541. The van der Waals surface area contributed by atoms with Gasteiger partial charge in [-0.25, -0.2) is 0 Å². The molecule has 1 unspecified atom stereocenters. The van der Waals surface area contributed by atoms with Crippen LogP contribution in [0.1, 0.15) is 30.9 Å². The molecule has 1 heterocycles. The molecule has 0 radical (unpaired) electrons. The standard InChI is InChI=1S/C23H28Cl2N2O3/c1-17-15-27(10-12-29-17)16-19-6-2-5-18(13-19)14-26-22(28)9-4-11-30-21-8-3-7-20(24)23(21)25/h2-3,5-8,13,17H,4,9-12,14-16H2,1H3,(H,26,28). The first-order valence-electron chi connectivity index (χ1n) is 10.3. The van der Waals surface area contributed by atoms with Gasteiger partial charge in [-0.1, -0.05) is 53.5 Å². The largest absolute Gasteiger partial charge is 0.492 e. The van der Waals surface area contributed by atoms with Crippen LogP contribution in [-0.4, -0.2) is 43.2 Å². The van der Waals surface area contributed by atoms with Gasteiger partial charge in [-0.05, 0) is 36.6 Å². The van der Waals surface area contributed by atoms with E-state index in [4.69, 9.17) is 32.7 Å². The summed E-state index contributed by atoms with van der Waals surface area (Å²) in [6, 6.07) is 13.6. The average molecular weight is 451 g/mol. The Labute approximate surface area is 188 Å². The summed E-state index contributed by atoms with van der Waals surface area (Å²) in [6.07, 6.45) is 1.27. The molecule has 7 heteroatoms. The number of amides is 1. The van der Waals surface area contributed by atoms with Crippen molar-refractivity contribution < 1.29 is 14.3 Å². The third-order valence-electron chi connectivity index (χ3n) is 4.93. The van der Waals surface area contributed by atoms with Gasteiger partial charge in [-0.2, -0.15) is 0 Å². The molecule has 0 aliphatic carbocycles. The van der Waals surface area contributed by atoms with Gasteiger partial charge in [0.2, 0.25) is 5.91 Å². The molecular weight excluding hydrogens is 423 g/mol. The molecule has 0 bridgehead atoms. The second-order valence-electron chi connectivity index (χ2n) is 7.52. The number of carbonyl (C=O) groups is 1. The quantitative estimate of drug-likeness (QED) is 0.562. The molecule has 1 atom stereocenters.